The fourth-order valence-electron chi connectivity index (χ4n) is 4.92. The lowest BCUT2D eigenvalue weighted by molar-refractivity contribution is 0.0574. The van der Waals surface area contributed by atoms with Gasteiger partial charge in [-0.2, -0.15) is 0 Å². The van der Waals surface area contributed by atoms with Crippen molar-refractivity contribution < 1.29 is 9.84 Å². The Labute approximate surface area is 212 Å². The van der Waals surface area contributed by atoms with Gasteiger partial charge in [-0.05, 0) is 69.6 Å². The number of aliphatic hydroxyl groups is 1. The molecule has 1 aliphatic heterocycles. The van der Waals surface area contributed by atoms with Crippen LogP contribution < -0.4 is 21.7 Å². The first-order valence-corrected chi connectivity index (χ1v) is 13.2. The molecule has 3 fully saturated rings. The molecule has 0 unspecified atom stereocenters. The average Bonchev–Trinajstić information content (AvgIpc) is 3.61. The van der Waals surface area contributed by atoms with E-state index in [1.165, 1.54) is 0 Å². The number of aromatic nitrogens is 2. The minimum Gasteiger partial charge on any atom is -0.389 e. The summed E-state index contributed by atoms with van der Waals surface area (Å²) in [6.07, 6.45) is 9.56. The van der Waals surface area contributed by atoms with E-state index in [0.29, 0.717) is 36.9 Å². The van der Waals surface area contributed by atoms with Gasteiger partial charge in [0.25, 0.3) is 0 Å². The topological polar surface area (TPSA) is 117 Å². The molecule has 2 aliphatic carbocycles. The zero-order chi connectivity index (χ0) is 24.3. The van der Waals surface area contributed by atoms with Gasteiger partial charge in [0.1, 0.15) is 11.6 Å². The van der Waals surface area contributed by atoms with Gasteiger partial charge >= 0.3 is 0 Å². The van der Waals surface area contributed by atoms with E-state index in [4.69, 9.17) is 27.1 Å². The van der Waals surface area contributed by atoms with Crippen molar-refractivity contribution in [3.63, 3.8) is 0 Å². The number of nitrogens with zero attached hydrogens (tertiary/aromatic N) is 2. The predicted octanol–water partition coefficient (Wildman–Crippen LogP) is 3.55. The average molecular weight is 501 g/mol. The molecule has 2 aromatic heterocycles. The van der Waals surface area contributed by atoms with E-state index in [1.807, 2.05) is 24.3 Å². The van der Waals surface area contributed by atoms with E-state index in [0.717, 1.165) is 80.8 Å². The lowest BCUT2D eigenvalue weighted by Gasteiger charge is -2.33. The Kier molecular flexibility index (Phi) is 7.46. The highest BCUT2D eigenvalue weighted by Crippen LogP contribution is 2.35. The Bertz CT molecular complexity index is 1000. The van der Waals surface area contributed by atoms with Gasteiger partial charge in [0.2, 0.25) is 0 Å². The van der Waals surface area contributed by atoms with Crippen molar-refractivity contribution in [3.8, 4) is 11.3 Å². The van der Waals surface area contributed by atoms with Crippen molar-refractivity contribution in [3.05, 3.63) is 35.5 Å². The van der Waals surface area contributed by atoms with Crippen LogP contribution in [0.4, 0.5) is 11.6 Å². The summed E-state index contributed by atoms with van der Waals surface area (Å²) < 4.78 is 5.44. The summed E-state index contributed by atoms with van der Waals surface area (Å²) >= 11 is 6.53. The molecule has 2 aromatic rings. The van der Waals surface area contributed by atoms with Gasteiger partial charge < -0.3 is 31.5 Å². The summed E-state index contributed by atoms with van der Waals surface area (Å²) in [4.78, 5) is 9.32. The molecule has 0 radical (unpaired) electrons. The summed E-state index contributed by atoms with van der Waals surface area (Å²) in [6, 6.07) is 8.75. The van der Waals surface area contributed by atoms with E-state index in [-0.39, 0.29) is 5.54 Å². The number of nitrogens with two attached hydrogens (primary N) is 1. The van der Waals surface area contributed by atoms with Gasteiger partial charge in [-0.1, -0.05) is 17.7 Å². The SMILES string of the molecule is NC1(CNc2cccc(-c3cc(NC4CCC(NCC5(O)CC5)CC4)ncc3Cl)n2)CCOCC1. The summed E-state index contributed by atoms with van der Waals surface area (Å²) in [5, 5.41) is 21.2. The van der Waals surface area contributed by atoms with Crippen LogP contribution in [0, 0.1) is 0 Å². The Balaban J connectivity index is 1.18. The van der Waals surface area contributed by atoms with Gasteiger partial charge in [0, 0.05) is 55.7 Å². The quantitative estimate of drug-likeness (QED) is 0.355. The van der Waals surface area contributed by atoms with Crippen LogP contribution in [0.5, 0.6) is 0 Å². The number of anilines is 2. The second-order valence-corrected chi connectivity index (χ2v) is 11.0. The highest BCUT2D eigenvalue weighted by molar-refractivity contribution is 6.33. The molecule has 190 valence electrons. The van der Waals surface area contributed by atoms with E-state index in [2.05, 4.69) is 20.9 Å². The van der Waals surface area contributed by atoms with Crippen molar-refractivity contribution in [1.82, 2.24) is 15.3 Å². The molecule has 0 amide bonds. The molecule has 5 rings (SSSR count). The van der Waals surface area contributed by atoms with Crippen LogP contribution in [0.2, 0.25) is 5.02 Å². The monoisotopic (exact) mass is 500 g/mol. The maximum Gasteiger partial charge on any atom is 0.126 e. The molecule has 0 bridgehead atoms. The molecule has 1 saturated heterocycles. The molecule has 8 nitrogen and oxygen atoms in total. The summed E-state index contributed by atoms with van der Waals surface area (Å²) in [5.74, 6) is 1.60. The van der Waals surface area contributed by atoms with Crippen LogP contribution in [0.25, 0.3) is 11.3 Å². The first-order chi connectivity index (χ1) is 16.9. The van der Waals surface area contributed by atoms with Gasteiger partial charge in [0.05, 0.1) is 16.3 Å². The highest BCUT2D eigenvalue weighted by Gasteiger charge is 2.40. The smallest absolute Gasteiger partial charge is 0.126 e. The first kappa shape index (κ1) is 24.7. The normalized spacial score (nSPS) is 25.1. The standard InChI is InChI=1S/C26H37ClN6O2/c27-21-15-29-24(32-19-6-4-18(5-7-19)30-17-26(34)8-9-26)14-20(21)22-2-1-3-23(33-22)31-16-25(28)10-12-35-13-11-25/h1-3,14-15,18-19,30,34H,4-13,16-17,28H2,(H,29,32)(H,31,33). The van der Waals surface area contributed by atoms with Crippen molar-refractivity contribution in [2.45, 2.75) is 74.6 Å². The molecule has 9 heteroatoms. The second-order valence-electron chi connectivity index (χ2n) is 10.6. The van der Waals surface area contributed by atoms with Gasteiger partial charge in [0.15, 0.2) is 0 Å². The van der Waals surface area contributed by atoms with Gasteiger partial charge in [-0.15, -0.1) is 0 Å². The number of hydrogen-bond donors (Lipinski definition) is 5. The lowest BCUT2D eigenvalue weighted by Crippen LogP contribution is -2.50. The Morgan fingerprint density at radius 1 is 1.03 bits per heavy atom. The van der Waals surface area contributed by atoms with Crippen LogP contribution in [0.15, 0.2) is 30.5 Å². The van der Waals surface area contributed by atoms with E-state index >= 15 is 0 Å². The maximum absolute atomic E-state index is 10.1. The molecule has 2 saturated carbocycles. The van der Waals surface area contributed by atoms with E-state index in [9.17, 15) is 5.11 Å². The lowest BCUT2D eigenvalue weighted by atomic mass is 9.91. The molecule has 0 spiro atoms. The number of ether oxygens (including phenoxy) is 1. The van der Waals surface area contributed by atoms with E-state index < -0.39 is 5.60 Å². The zero-order valence-electron chi connectivity index (χ0n) is 20.2. The largest absolute Gasteiger partial charge is 0.389 e. The molecule has 3 aliphatic rings. The zero-order valence-corrected chi connectivity index (χ0v) is 21.0. The Morgan fingerprint density at radius 2 is 1.77 bits per heavy atom. The number of nitrogens with one attached hydrogen (secondary N) is 3. The van der Waals surface area contributed by atoms with Crippen LogP contribution in [-0.4, -0.2) is 64.6 Å². The number of rotatable bonds is 9. The minimum absolute atomic E-state index is 0.271. The summed E-state index contributed by atoms with van der Waals surface area (Å²) in [6.45, 7) is 2.78. The number of pyridine rings is 2. The molecular weight excluding hydrogens is 464 g/mol. The van der Waals surface area contributed by atoms with Crippen molar-refractivity contribution in [1.29, 1.82) is 0 Å². The van der Waals surface area contributed by atoms with Gasteiger partial charge in [-0.25, -0.2) is 9.97 Å². The van der Waals surface area contributed by atoms with Crippen molar-refractivity contribution in [2.24, 2.45) is 5.73 Å². The molecule has 3 heterocycles. The van der Waals surface area contributed by atoms with Crippen LogP contribution >= 0.6 is 11.6 Å². The molecule has 35 heavy (non-hydrogen) atoms. The van der Waals surface area contributed by atoms with Crippen molar-refractivity contribution >= 4 is 23.2 Å². The Hall–Kier alpha value is -1.97. The predicted molar refractivity (Wildman–Crippen MR) is 140 cm³/mol. The molecule has 0 atom stereocenters. The Morgan fingerprint density at radius 3 is 2.51 bits per heavy atom. The number of halogens is 1. The second kappa shape index (κ2) is 10.6. The van der Waals surface area contributed by atoms with Crippen LogP contribution in [0.1, 0.15) is 51.4 Å². The van der Waals surface area contributed by atoms with Gasteiger partial charge in [-0.3, -0.25) is 0 Å². The number of hydrogen-bond acceptors (Lipinski definition) is 8. The fraction of sp³-hybridized carbons (Fsp3) is 0.615. The third-order valence-corrected chi connectivity index (χ3v) is 7.92. The molecular formula is C26H37ClN6O2. The van der Waals surface area contributed by atoms with Crippen LogP contribution in [0.3, 0.4) is 0 Å². The third-order valence-electron chi connectivity index (χ3n) is 7.62. The molecule has 6 N–H and O–H groups in total. The third kappa shape index (κ3) is 6.62. The van der Waals surface area contributed by atoms with E-state index in [1.54, 1.807) is 6.20 Å². The summed E-state index contributed by atoms with van der Waals surface area (Å²) in [5.41, 5.74) is 7.46. The maximum atomic E-state index is 10.1. The highest BCUT2D eigenvalue weighted by atomic mass is 35.5. The van der Waals surface area contributed by atoms with Crippen LogP contribution in [-0.2, 0) is 4.74 Å². The first-order valence-electron chi connectivity index (χ1n) is 12.9. The fourth-order valence-corrected chi connectivity index (χ4v) is 5.12. The minimum atomic E-state index is -0.434. The van der Waals surface area contributed by atoms with Crippen molar-refractivity contribution in [2.75, 3.05) is 36.9 Å². The summed E-state index contributed by atoms with van der Waals surface area (Å²) in [7, 11) is 0. The molecule has 0 aromatic carbocycles.